The number of H-pyrrole nitrogens is 1. The van der Waals surface area contributed by atoms with Gasteiger partial charge in [-0.1, -0.05) is 47.3 Å². The molecule has 190 valence electrons. The van der Waals surface area contributed by atoms with E-state index in [0.717, 1.165) is 48.9 Å². The largest absolute Gasteiger partial charge is 0.492 e. The molecular weight excluding hydrogens is 476 g/mol. The maximum Gasteiger partial charge on any atom is 0.319 e. The molecule has 0 bridgehead atoms. The minimum atomic E-state index is -0.538. The Bertz CT molecular complexity index is 1340. The van der Waals surface area contributed by atoms with Gasteiger partial charge in [0.05, 0.1) is 28.4 Å². The average Bonchev–Trinajstić information content (AvgIpc) is 3.64. The van der Waals surface area contributed by atoms with Crippen LogP contribution in [0.15, 0.2) is 35.1 Å². The smallest absolute Gasteiger partial charge is 0.319 e. The molecule has 0 spiro atoms. The molecule has 1 aliphatic heterocycles. The second-order valence-electron chi connectivity index (χ2n) is 10.1. The maximum absolute atomic E-state index is 13.4. The molecule has 5 rings (SSSR count). The average molecular weight is 509 g/mol. The van der Waals surface area contributed by atoms with Crippen LogP contribution in [0.25, 0.3) is 22.0 Å². The number of nitrogens with zero attached hydrogens (tertiary/aromatic N) is 1. The van der Waals surface area contributed by atoms with Crippen molar-refractivity contribution in [2.45, 2.75) is 64.5 Å². The van der Waals surface area contributed by atoms with Gasteiger partial charge in [-0.15, -0.1) is 0 Å². The van der Waals surface area contributed by atoms with Gasteiger partial charge >= 0.3 is 6.03 Å². The van der Waals surface area contributed by atoms with Crippen LogP contribution in [0, 0.1) is 13.8 Å². The number of anilines is 1. The molecular formula is C28H33ClN4O3. The van der Waals surface area contributed by atoms with Crippen molar-refractivity contribution >= 4 is 34.2 Å². The van der Waals surface area contributed by atoms with Gasteiger partial charge in [-0.05, 0) is 70.2 Å². The van der Waals surface area contributed by atoms with Crippen LogP contribution in [0.3, 0.4) is 0 Å². The van der Waals surface area contributed by atoms with E-state index < -0.39 is 6.03 Å². The number of pyridine rings is 1. The van der Waals surface area contributed by atoms with Crippen molar-refractivity contribution in [3.63, 3.8) is 0 Å². The van der Waals surface area contributed by atoms with E-state index in [1.54, 1.807) is 11.0 Å². The van der Waals surface area contributed by atoms with Crippen molar-refractivity contribution in [1.29, 1.82) is 0 Å². The van der Waals surface area contributed by atoms with Crippen LogP contribution in [0.2, 0.25) is 5.02 Å². The number of aryl methyl sites for hydroxylation is 2. The van der Waals surface area contributed by atoms with Crippen LogP contribution in [0.5, 0.6) is 5.75 Å². The van der Waals surface area contributed by atoms with Crippen molar-refractivity contribution < 1.29 is 9.53 Å². The summed E-state index contributed by atoms with van der Waals surface area (Å²) in [5.41, 5.74) is 10.0. The van der Waals surface area contributed by atoms with Crippen LogP contribution in [-0.2, 0) is 0 Å². The number of fused-ring (bicyclic) bond motifs is 1. The number of carbonyl (C=O) groups excluding carboxylic acids is 1. The van der Waals surface area contributed by atoms with E-state index in [1.807, 2.05) is 32.0 Å². The number of nitrogens with two attached hydrogens (primary N) is 1. The molecule has 1 saturated carbocycles. The van der Waals surface area contributed by atoms with Crippen LogP contribution in [0.1, 0.15) is 49.7 Å². The molecule has 3 aromatic rings. The lowest BCUT2D eigenvalue weighted by Crippen LogP contribution is -2.37. The summed E-state index contributed by atoms with van der Waals surface area (Å²) in [4.78, 5) is 30.3. The summed E-state index contributed by atoms with van der Waals surface area (Å²) in [6.07, 6.45) is 6.15. The highest BCUT2D eigenvalue weighted by atomic mass is 35.5. The van der Waals surface area contributed by atoms with Crippen molar-refractivity contribution in [2.24, 2.45) is 5.73 Å². The number of nitrogens with one attached hydrogen (secondary N) is 2. The fourth-order valence-electron chi connectivity index (χ4n) is 5.29. The van der Waals surface area contributed by atoms with Gasteiger partial charge in [0.25, 0.3) is 5.56 Å². The van der Waals surface area contributed by atoms with Gasteiger partial charge in [0.15, 0.2) is 0 Å². The zero-order valence-corrected chi connectivity index (χ0v) is 21.6. The molecule has 4 N–H and O–H groups in total. The molecule has 2 amide bonds. The van der Waals surface area contributed by atoms with E-state index in [2.05, 4.69) is 16.4 Å². The summed E-state index contributed by atoms with van der Waals surface area (Å²) in [6.45, 7) is 5.52. The number of hydrogen-bond donors (Lipinski definition) is 3. The van der Waals surface area contributed by atoms with E-state index in [4.69, 9.17) is 22.1 Å². The van der Waals surface area contributed by atoms with E-state index >= 15 is 0 Å². The summed E-state index contributed by atoms with van der Waals surface area (Å²) >= 11 is 6.60. The number of aromatic amines is 1. The van der Waals surface area contributed by atoms with E-state index in [9.17, 15) is 9.59 Å². The standard InChI is InChI=1S/C28H33ClN4O3/c1-16-11-17(2)13-18(12-16)25-26(36-10-8-19-5-3-4-9-31-19)21-14-24(33(28(30)35)20-6-7-20)22(29)15-23(21)32-27(25)34/h11-15,19-20,31H,3-10H2,1-2H3,(H2,30,35)(H,32,34)/t19-/m0/s1. The van der Waals surface area contributed by atoms with Gasteiger partial charge in [0.2, 0.25) is 0 Å². The number of aromatic nitrogens is 1. The van der Waals surface area contributed by atoms with Crippen LogP contribution >= 0.6 is 11.6 Å². The van der Waals surface area contributed by atoms with Gasteiger partial charge in [-0.3, -0.25) is 9.69 Å². The third kappa shape index (κ3) is 5.08. The summed E-state index contributed by atoms with van der Waals surface area (Å²) in [6, 6.07) is 9.49. The van der Waals surface area contributed by atoms with Gasteiger partial charge in [-0.2, -0.15) is 0 Å². The van der Waals surface area contributed by atoms with E-state index in [-0.39, 0.29) is 11.6 Å². The molecule has 8 heteroatoms. The number of amides is 2. The third-order valence-corrected chi connectivity index (χ3v) is 7.38. The van der Waals surface area contributed by atoms with Gasteiger partial charge in [0.1, 0.15) is 5.75 Å². The Labute approximate surface area is 216 Å². The summed E-state index contributed by atoms with van der Waals surface area (Å²) < 4.78 is 6.44. The normalized spacial score (nSPS) is 17.8. The van der Waals surface area contributed by atoms with Crippen molar-refractivity contribution in [1.82, 2.24) is 10.3 Å². The highest BCUT2D eigenvalue weighted by Crippen LogP contribution is 2.41. The molecule has 2 aliphatic rings. The molecule has 36 heavy (non-hydrogen) atoms. The number of benzene rings is 2. The van der Waals surface area contributed by atoms with Crippen molar-refractivity contribution in [3.05, 3.63) is 56.8 Å². The molecule has 2 aromatic carbocycles. The molecule has 0 unspecified atom stereocenters. The number of ether oxygens (including phenoxy) is 1. The summed E-state index contributed by atoms with van der Waals surface area (Å²) in [7, 11) is 0. The molecule has 1 saturated heterocycles. The third-order valence-electron chi connectivity index (χ3n) is 7.08. The molecule has 7 nitrogen and oxygen atoms in total. The summed E-state index contributed by atoms with van der Waals surface area (Å²) in [5.74, 6) is 0.507. The number of carbonyl (C=O) groups is 1. The maximum atomic E-state index is 13.4. The van der Waals surface area contributed by atoms with Crippen molar-refractivity contribution in [3.8, 4) is 16.9 Å². The SMILES string of the molecule is Cc1cc(C)cc(-c2c(OCC[C@@H]3CCCCN3)c3cc(N(C(N)=O)C4CC4)c(Cl)cc3[nH]c2=O)c1. The van der Waals surface area contributed by atoms with Gasteiger partial charge < -0.3 is 20.8 Å². The van der Waals surface area contributed by atoms with Crippen LogP contribution in [-0.4, -0.2) is 36.3 Å². The number of halogens is 1. The van der Waals surface area contributed by atoms with E-state index in [0.29, 0.717) is 45.6 Å². The van der Waals surface area contributed by atoms with Gasteiger partial charge in [-0.25, -0.2) is 4.79 Å². The Morgan fingerprint density at radius 3 is 2.50 bits per heavy atom. The van der Waals surface area contributed by atoms with E-state index in [1.165, 1.54) is 12.8 Å². The Morgan fingerprint density at radius 2 is 1.86 bits per heavy atom. The number of rotatable bonds is 7. The minimum Gasteiger partial charge on any atom is -0.492 e. The first-order chi connectivity index (χ1) is 17.3. The minimum absolute atomic E-state index is 0.0425. The molecule has 0 radical (unpaired) electrons. The molecule has 1 aromatic heterocycles. The second-order valence-corrected chi connectivity index (χ2v) is 10.5. The Balaban J connectivity index is 1.64. The molecule has 1 atom stereocenters. The second kappa shape index (κ2) is 10.1. The highest BCUT2D eigenvalue weighted by molar-refractivity contribution is 6.34. The number of piperidine rings is 1. The monoisotopic (exact) mass is 508 g/mol. The summed E-state index contributed by atoms with van der Waals surface area (Å²) in [5, 5.41) is 4.62. The Kier molecular flexibility index (Phi) is 6.95. The quantitative estimate of drug-likeness (QED) is 0.396. The number of primary amides is 1. The lowest BCUT2D eigenvalue weighted by atomic mass is 9.99. The predicted molar refractivity (Wildman–Crippen MR) is 145 cm³/mol. The van der Waals surface area contributed by atoms with Crippen LogP contribution in [0.4, 0.5) is 10.5 Å². The topological polar surface area (TPSA) is 100 Å². The fraction of sp³-hybridized carbons (Fsp3) is 0.429. The zero-order valence-electron chi connectivity index (χ0n) is 20.8. The predicted octanol–water partition coefficient (Wildman–Crippen LogP) is 5.42. The lowest BCUT2D eigenvalue weighted by Gasteiger charge is -2.24. The van der Waals surface area contributed by atoms with Crippen LogP contribution < -0.4 is 26.2 Å². The van der Waals surface area contributed by atoms with Gasteiger partial charge in [0, 0.05) is 17.5 Å². The first-order valence-corrected chi connectivity index (χ1v) is 13.1. The fourth-order valence-corrected chi connectivity index (χ4v) is 5.55. The highest BCUT2D eigenvalue weighted by Gasteiger charge is 2.34. The molecule has 2 fully saturated rings. The first kappa shape index (κ1) is 24.7. The first-order valence-electron chi connectivity index (χ1n) is 12.7. The lowest BCUT2D eigenvalue weighted by molar-refractivity contribution is 0.253. The zero-order chi connectivity index (χ0) is 25.4. The molecule has 1 aliphatic carbocycles. The Hall–Kier alpha value is -3.03. The number of hydrogen-bond acceptors (Lipinski definition) is 4. The number of urea groups is 1. The Morgan fingerprint density at radius 1 is 1.11 bits per heavy atom. The molecule has 2 heterocycles. The van der Waals surface area contributed by atoms with Crippen molar-refractivity contribution in [2.75, 3.05) is 18.1 Å².